The molecule has 2 nitrogen and oxygen atoms in total. The van der Waals surface area contributed by atoms with Crippen molar-refractivity contribution in [2.45, 2.75) is 73.0 Å². The molecule has 2 saturated carbocycles. The summed E-state index contributed by atoms with van der Waals surface area (Å²) in [5.41, 5.74) is 2.50. The van der Waals surface area contributed by atoms with Gasteiger partial charge in [-0.3, -0.25) is 0 Å². The van der Waals surface area contributed by atoms with Gasteiger partial charge in [0.25, 0.3) is 0 Å². The number of methoxy groups -OCH3 is 2. The molecule has 2 aliphatic rings. The molecule has 4 rings (SSSR count). The zero-order valence-electron chi connectivity index (χ0n) is 18.6. The van der Waals surface area contributed by atoms with Crippen LogP contribution in [0.4, 0.5) is 0 Å². The quantitative estimate of drug-likeness (QED) is 0.297. The minimum Gasteiger partial charge on any atom is -0.153 e. The predicted molar refractivity (Wildman–Crippen MR) is 129 cm³/mol. The minimum absolute atomic E-state index is 0. The monoisotopic (exact) mass is 519 g/mol. The van der Waals surface area contributed by atoms with E-state index in [0.717, 1.165) is 25.8 Å². The Morgan fingerprint density at radius 2 is 1.17 bits per heavy atom. The molecule has 4 heteroatoms. The number of rotatable bonds is 6. The molecule has 30 heavy (non-hydrogen) atoms. The first-order valence-electron chi connectivity index (χ1n) is 11.2. The summed E-state index contributed by atoms with van der Waals surface area (Å²) in [7, 11) is 3.55. The molecule has 0 bridgehead atoms. The van der Waals surface area contributed by atoms with Gasteiger partial charge in [0, 0.05) is 0 Å². The molecular formula is C26H38O2PPd. The van der Waals surface area contributed by atoms with Crippen LogP contribution in [-0.2, 0) is 16.8 Å². The molecule has 0 heterocycles. The van der Waals surface area contributed by atoms with E-state index in [1.54, 1.807) is 18.3 Å². The van der Waals surface area contributed by atoms with Crippen molar-refractivity contribution in [3.8, 4) is 22.6 Å². The van der Waals surface area contributed by atoms with Crippen molar-refractivity contribution in [2.75, 3.05) is 14.2 Å². The van der Waals surface area contributed by atoms with E-state index >= 15 is 0 Å². The van der Waals surface area contributed by atoms with Crippen LogP contribution in [0.15, 0.2) is 42.5 Å². The Morgan fingerprint density at radius 3 is 1.67 bits per heavy atom. The normalized spacial score (nSPS) is 18.4. The van der Waals surface area contributed by atoms with Gasteiger partial charge in [0.05, 0.1) is 0 Å². The Hall–Kier alpha value is -0.868. The average Bonchev–Trinajstić information content (AvgIpc) is 2.80. The second-order valence-corrected chi connectivity index (χ2v) is 12.9. The smallest absolute Gasteiger partial charge is 0.153 e. The fraction of sp³-hybridized carbons (Fsp3) is 0.538. The zero-order valence-corrected chi connectivity index (χ0v) is 21.6. The molecule has 0 N–H and O–H groups in total. The maximum atomic E-state index is 5.80. The van der Waals surface area contributed by atoms with Gasteiger partial charge < -0.3 is 0 Å². The third-order valence-corrected chi connectivity index (χ3v) is 12.5. The third-order valence-electron chi connectivity index (χ3n) is 6.30. The first-order valence-corrected chi connectivity index (χ1v) is 13.8. The van der Waals surface area contributed by atoms with Crippen LogP contribution in [0.1, 0.15) is 64.2 Å². The van der Waals surface area contributed by atoms with Gasteiger partial charge in [-0.25, -0.2) is 0 Å². The second-order valence-electron chi connectivity index (χ2n) is 8.14. The van der Waals surface area contributed by atoms with Crippen molar-refractivity contribution in [1.29, 1.82) is 0 Å². The van der Waals surface area contributed by atoms with Crippen LogP contribution in [0.25, 0.3) is 11.1 Å². The molecule has 0 spiro atoms. The number of hydrogen-bond donors (Lipinski definition) is 0. The Balaban J connectivity index is 0.00000256. The topological polar surface area (TPSA) is 18.5 Å². The van der Waals surface area contributed by atoms with Gasteiger partial charge in [0.15, 0.2) is 0 Å². The van der Waals surface area contributed by atoms with E-state index in [1.807, 2.05) is 6.07 Å². The minimum atomic E-state index is -0.852. The molecule has 2 aromatic carbocycles. The molecule has 0 amide bonds. The fourth-order valence-corrected chi connectivity index (χ4v) is 11.7. The van der Waals surface area contributed by atoms with E-state index in [2.05, 4.69) is 36.4 Å². The van der Waals surface area contributed by atoms with Crippen molar-refractivity contribution in [3.63, 3.8) is 0 Å². The Bertz CT molecular complexity index is 757. The number of hydrogen-bond acceptors (Lipinski definition) is 2. The molecular weight excluding hydrogens is 482 g/mol. The van der Waals surface area contributed by atoms with Crippen molar-refractivity contribution >= 4 is 13.9 Å². The first-order chi connectivity index (χ1) is 14.3. The van der Waals surface area contributed by atoms with Crippen LogP contribution in [0.3, 0.4) is 0 Å². The van der Waals surface area contributed by atoms with E-state index in [1.165, 1.54) is 69.8 Å². The standard InChI is InChI=1S/C14H13O2.2C6H11.H3P.Pd/c1-15-12-9-6-10-13(16-2)14(12)11-7-4-3-5-8-11;2*1-2-4-6-5-3-1;;/h3-7,9-10H,1-2H3;2*1H,2-6H2;1H3;. The summed E-state index contributed by atoms with van der Waals surface area (Å²) in [5.74, 6) is 1.85. The van der Waals surface area contributed by atoms with Gasteiger partial charge in [-0.2, -0.15) is 9.90 Å². The molecule has 2 aromatic rings. The molecule has 1 unspecified atom stereocenters. The molecule has 169 valence electrons. The Kier molecular flexibility index (Phi) is 9.25. The van der Waals surface area contributed by atoms with E-state index in [-0.39, 0.29) is 9.90 Å². The van der Waals surface area contributed by atoms with Crippen LogP contribution >= 0.6 is 9.90 Å². The second kappa shape index (κ2) is 11.7. The summed E-state index contributed by atoms with van der Waals surface area (Å²) >= 11 is -0.852. The largest absolute Gasteiger partial charge is 0.153 e. The zero-order chi connectivity index (χ0) is 20.1. The third kappa shape index (κ3) is 5.12. The summed E-state index contributed by atoms with van der Waals surface area (Å²) < 4.78 is 15.1. The van der Waals surface area contributed by atoms with Gasteiger partial charge in [0.1, 0.15) is 0 Å². The molecule has 1 atom stereocenters. The molecule has 0 aliphatic heterocycles. The van der Waals surface area contributed by atoms with Gasteiger partial charge >= 0.3 is 183 Å². The van der Waals surface area contributed by atoms with Crippen molar-refractivity contribution in [1.82, 2.24) is 0 Å². The van der Waals surface area contributed by atoms with Crippen molar-refractivity contribution in [2.24, 2.45) is 0 Å². The van der Waals surface area contributed by atoms with Crippen molar-refractivity contribution in [3.05, 3.63) is 42.5 Å². The SMILES string of the molecule is COc1cccc(OC)c1-c1cccc[c]1[Pd]([CH]1CCCCC1)[CH]1CCCCC1.P. The van der Waals surface area contributed by atoms with E-state index in [0.29, 0.717) is 0 Å². The maximum absolute atomic E-state index is 5.80. The van der Waals surface area contributed by atoms with Gasteiger partial charge in [-0.1, -0.05) is 0 Å². The first kappa shape index (κ1) is 23.8. The van der Waals surface area contributed by atoms with Gasteiger partial charge in [-0.15, -0.1) is 0 Å². The summed E-state index contributed by atoms with van der Waals surface area (Å²) in [6, 6.07) is 15.4. The molecule has 2 aliphatic carbocycles. The van der Waals surface area contributed by atoms with Crippen LogP contribution < -0.4 is 13.5 Å². The molecule has 0 radical (unpaired) electrons. The molecule has 0 saturated heterocycles. The number of benzene rings is 2. The van der Waals surface area contributed by atoms with Crippen molar-refractivity contribution < 1.29 is 26.2 Å². The summed E-state index contributed by atoms with van der Waals surface area (Å²) in [4.78, 5) is 0. The van der Waals surface area contributed by atoms with Crippen LogP contribution in [0.2, 0.25) is 8.78 Å². The van der Waals surface area contributed by atoms with E-state index in [9.17, 15) is 0 Å². The van der Waals surface area contributed by atoms with Crippen LogP contribution in [-0.4, -0.2) is 14.2 Å². The van der Waals surface area contributed by atoms with Gasteiger partial charge in [0.2, 0.25) is 0 Å². The number of ether oxygens (including phenoxy) is 2. The van der Waals surface area contributed by atoms with E-state index in [4.69, 9.17) is 9.47 Å². The van der Waals surface area contributed by atoms with Crippen LogP contribution in [0, 0.1) is 0 Å². The average molecular weight is 520 g/mol. The predicted octanol–water partition coefficient (Wildman–Crippen LogP) is 7.18. The fourth-order valence-electron chi connectivity index (χ4n) is 4.86. The molecule has 0 aromatic heterocycles. The Morgan fingerprint density at radius 1 is 0.667 bits per heavy atom. The van der Waals surface area contributed by atoms with Crippen LogP contribution in [0.5, 0.6) is 11.5 Å². The van der Waals surface area contributed by atoms with E-state index < -0.39 is 16.8 Å². The summed E-state index contributed by atoms with van der Waals surface area (Å²) in [5, 5.41) is 0. The molecule has 2 fully saturated rings. The summed E-state index contributed by atoms with van der Waals surface area (Å²) in [6.45, 7) is 0. The maximum Gasteiger partial charge on any atom is -0.153 e. The van der Waals surface area contributed by atoms with Gasteiger partial charge in [-0.05, 0) is 0 Å². The summed E-state index contributed by atoms with van der Waals surface area (Å²) in [6.07, 6.45) is 14.3. The Labute approximate surface area is 192 Å².